The molecule has 1 aliphatic rings. The summed E-state index contributed by atoms with van der Waals surface area (Å²) in [5.74, 6) is 0. The van der Waals surface area contributed by atoms with Gasteiger partial charge in [0.25, 0.3) is 0 Å². The molecule has 0 aliphatic carbocycles. The van der Waals surface area contributed by atoms with E-state index < -0.39 is 6.10 Å². The minimum absolute atomic E-state index is 0.383. The number of nitrogens with zero attached hydrogens (tertiary/aromatic N) is 1. The molecule has 1 saturated heterocycles. The Morgan fingerprint density at radius 3 is 2.53 bits per heavy atom. The van der Waals surface area contributed by atoms with E-state index in [1.165, 1.54) is 0 Å². The normalized spacial score (nSPS) is 20.6. The van der Waals surface area contributed by atoms with Crippen molar-refractivity contribution in [2.75, 3.05) is 53.7 Å². The van der Waals surface area contributed by atoms with Crippen LogP contribution in [0, 0.1) is 0 Å². The van der Waals surface area contributed by atoms with Crippen LogP contribution in [0.2, 0.25) is 0 Å². The van der Waals surface area contributed by atoms with E-state index in [1.807, 2.05) is 0 Å². The molecule has 0 radical (unpaired) electrons. The van der Waals surface area contributed by atoms with Gasteiger partial charge in [0, 0.05) is 33.9 Å². The maximum absolute atomic E-state index is 9.79. The van der Waals surface area contributed by atoms with E-state index >= 15 is 0 Å². The third-order valence-electron chi connectivity index (χ3n) is 3.08. The number of methoxy groups -OCH3 is 2. The SMILES string of the molecule is COCCOCC(O)CN1CCC(OC)CC1. The van der Waals surface area contributed by atoms with Gasteiger partial charge in [0.15, 0.2) is 0 Å². The van der Waals surface area contributed by atoms with E-state index in [0.29, 0.717) is 32.5 Å². The number of ether oxygens (including phenoxy) is 3. The first kappa shape index (κ1) is 14.9. The predicted octanol–water partition coefficient (Wildman–Crippen LogP) is 0.121. The molecule has 0 bridgehead atoms. The Hall–Kier alpha value is -0.200. The standard InChI is InChI=1S/C12H25NO4/c1-15-7-8-17-10-11(14)9-13-5-3-12(16-2)4-6-13/h11-12,14H,3-10H2,1-2H3. The Bertz CT molecular complexity index is 183. The van der Waals surface area contributed by atoms with Gasteiger partial charge in [-0.05, 0) is 12.8 Å². The van der Waals surface area contributed by atoms with Gasteiger partial charge in [0.2, 0.25) is 0 Å². The van der Waals surface area contributed by atoms with Crippen molar-refractivity contribution in [3.8, 4) is 0 Å². The van der Waals surface area contributed by atoms with Gasteiger partial charge in [-0.3, -0.25) is 0 Å². The second kappa shape index (κ2) is 8.83. The summed E-state index contributed by atoms with van der Waals surface area (Å²) in [4.78, 5) is 2.26. The third-order valence-corrected chi connectivity index (χ3v) is 3.08. The van der Waals surface area contributed by atoms with Crippen LogP contribution in [0.15, 0.2) is 0 Å². The lowest BCUT2D eigenvalue weighted by atomic mass is 10.1. The third kappa shape index (κ3) is 6.33. The fraction of sp³-hybridized carbons (Fsp3) is 1.00. The van der Waals surface area contributed by atoms with Gasteiger partial charge in [-0.2, -0.15) is 0 Å². The Kier molecular flexibility index (Phi) is 7.72. The number of aliphatic hydroxyl groups excluding tert-OH is 1. The summed E-state index contributed by atoms with van der Waals surface area (Å²) in [6.07, 6.45) is 2.08. The number of β-amino-alcohol motifs (C(OH)–C–C–N with tert-alkyl or cyclic N) is 1. The number of piperidine rings is 1. The van der Waals surface area contributed by atoms with Crippen molar-refractivity contribution in [2.24, 2.45) is 0 Å². The molecule has 1 heterocycles. The van der Waals surface area contributed by atoms with Crippen LogP contribution in [0.1, 0.15) is 12.8 Å². The summed E-state index contributed by atoms with van der Waals surface area (Å²) in [7, 11) is 3.40. The summed E-state index contributed by atoms with van der Waals surface area (Å²) in [6, 6.07) is 0. The molecule has 0 aromatic carbocycles. The van der Waals surface area contributed by atoms with Gasteiger partial charge in [-0.1, -0.05) is 0 Å². The Balaban J connectivity index is 2.04. The van der Waals surface area contributed by atoms with Crippen LogP contribution in [0.25, 0.3) is 0 Å². The van der Waals surface area contributed by atoms with Gasteiger partial charge in [0.05, 0.1) is 32.0 Å². The molecule has 0 aromatic heterocycles. The zero-order valence-corrected chi connectivity index (χ0v) is 10.9. The molecule has 0 saturated carbocycles. The van der Waals surface area contributed by atoms with Crippen molar-refractivity contribution in [1.29, 1.82) is 0 Å². The number of rotatable bonds is 8. The monoisotopic (exact) mass is 247 g/mol. The summed E-state index contributed by atoms with van der Waals surface area (Å²) in [6.45, 7) is 4.17. The fourth-order valence-electron chi connectivity index (χ4n) is 2.04. The first-order chi connectivity index (χ1) is 8.26. The molecule has 1 aliphatic heterocycles. The van der Waals surface area contributed by atoms with E-state index in [9.17, 15) is 5.11 Å². The summed E-state index contributed by atoms with van der Waals surface area (Å²) in [5, 5.41) is 9.79. The summed E-state index contributed by atoms with van der Waals surface area (Å²) in [5.41, 5.74) is 0. The largest absolute Gasteiger partial charge is 0.389 e. The van der Waals surface area contributed by atoms with Crippen LogP contribution in [0.5, 0.6) is 0 Å². The highest BCUT2D eigenvalue weighted by atomic mass is 16.5. The molecule has 1 N–H and O–H groups in total. The molecular formula is C12H25NO4. The predicted molar refractivity (Wildman–Crippen MR) is 65.2 cm³/mol. The Morgan fingerprint density at radius 2 is 1.94 bits per heavy atom. The van der Waals surface area contributed by atoms with Crippen molar-refractivity contribution < 1.29 is 19.3 Å². The minimum Gasteiger partial charge on any atom is -0.389 e. The average molecular weight is 247 g/mol. The number of aliphatic hydroxyl groups is 1. The van der Waals surface area contributed by atoms with Gasteiger partial charge >= 0.3 is 0 Å². The van der Waals surface area contributed by atoms with Crippen molar-refractivity contribution in [1.82, 2.24) is 4.90 Å². The molecule has 5 heteroatoms. The van der Waals surface area contributed by atoms with E-state index in [0.717, 1.165) is 25.9 Å². The zero-order chi connectivity index (χ0) is 12.5. The maximum atomic E-state index is 9.79. The molecule has 17 heavy (non-hydrogen) atoms. The maximum Gasteiger partial charge on any atom is 0.0900 e. The number of likely N-dealkylation sites (tertiary alicyclic amines) is 1. The second-order valence-electron chi connectivity index (χ2n) is 4.46. The molecule has 1 unspecified atom stereocenters. The quantitative estimate of drug-likeness (QED) is 0.618. The first-order valence-corrected chi connectivity index (χ1v) is 6.26. The van der Waals surface area contributed by atoms with Crippen LogP contribution in [-0.4, -0.2) is 75.9 Å². The lowest BCUT2D eigenvalue weighted by molar-refractivity contribution is -0.0145. The van der Waals surface area contributed by atoms with Gasteiger partial charge in [0.1, 0.15) is 0 Å². The lowest BCUT2D eigenvalue weighted by Crippen LogP contribution is -2.42. The number of hydrogen-bond acceptors (Lipinski definition) is 5. The fourth-order valence-corrected chi connectivity index (χ4v) is 2.04. The van der Waals surface area contributed by atoms with Crippen LogP contribution >= 0.6 is 0 Å². The molecule has 0 amide bonds. The average Bonchev–Trinajstić information content (AvgIpc) is 2.36. The highest BCUT2D eigenvalue weighted by Crippen LogP contribution is 2.12. The molecule has 1 atom stereocenters. The van der Waals surface area contributed by atoms with E-state index in [-0.39, 0.29) is 0 Å². The second-order valence-corrected chi connectivity index (χ2v) is 4.46. The van der Waals surface area contributed by atoms with Crippen molar-refractivity contribution in [3.05, 3.63) is 0 Å². The zero-order valence-electron chi connectivity index (χ0n) is 10.9. The Labute approximate surface area is 104 Å². The van der Waals surface area contributed by atoms with Crippen molar-refractivity contribution in [2.45, 2.75) is 25.0 Å². The number of hydrogen-bond donors (Lipinski definition) is 1. The van der Waals surface area contributed by atoms with Gasteiger partial charge < -0.3 is 24.2 Å². The molecule has 1 fully saturated rings. The van der Waals surface area contributed by atoms with Gasteiger partial charge in [-0.15, -0.1) is 0 Å². The molecule has 0 spiro atoms. The van der Waals surface area contributed by atoms with Crippen molar-refractivity contribution >= 4 is 0 Å². The van der Waals surface area contributed by atoms with Crippen LogP contribution in [-0.2, 0) is 14.2 Å². The molecule has 0 aromatic rings. The highest BCUT2D eigenvalue weighted by Gasteiger charge is 2.20. The van der Waals surface area contributed by atoms with E-state index in [4.69, 9.17) is 14.2 Å². The highest BCUT2D eigenvalue weighted by molar-refractivity contribution is 4.74. The molecule has 1 rings (SSSR count). The minimum atomic E-state index is -0.411. The van der Waals surface area contributed by atoms with Crippen molar-refractivity contribution in [3.63, 3.8) is 0 Å². The molecule has 5 nitrogen and oxygen atoms in total. The van der Waals surface area contributed by atoms with Crippen LogP contribution in [0.4, 0.5) is 0 Å². The summed E-state index contributed by atoms with van der Waals surface area (Å²) >= 11 is 0. The summed E-state index contributed by atoms with van der Waals surface area (Å²) < 4.78 is 15.5. The van der Waals surface area contributed by atoms with E-state index in [1.54, 1.807) is 14.2 Å². The molecular weight excluding hydrogens is 222 g/mol. The van der Waals surface area contributed by atoms with E-state index in [2.05, 4.69) is 4.90 Å². The van der Waals surface area contributed by atoms with Gasteiger partial charge in [-0.25, -0.2) is 0 Å². The topological polar surface area (TPSA) is 51.2 Å². The first-order valence-electron chi connectivity index (χ1n) is 6.26. The molecule has 102 valence electrons. The van der Waals surface area contributed by atoms with Crippen LogP contribution in [0.3, 0.4) is 0 Å². The van der Waals surface area contributed by atoms with Crippen LogP contribution < -0.4 is 0 Å². The Morgan fingerprint density at radius 1 is 1.24 bits per heavy atom. The lowest BCUT2D eigenvalue weighted by Gasteiger charge is -2.32. The smallest absolute Gasteiger partial charge is 0.0900 e.